The van der Waals surface area contributed by atoms with Gasteiger partial charge in [-0.2, -0.15) is 0 Å². The van der Waals surface area contributed by atoms with Gasteiger partial charge in [0.1, 0.15) is 5.00 Å². The van der Waals surface area contributed by atoms with Crippen LogP contribution in [0.5, 0.6) is 0 Å². The van der Waals surface area contributed by atoms with Crippen LogP contribution >= 0.6 is 11.3 Å². The fourth-order valence-corrected chi connectivity index (χ4v) is 4.32. The molecule has 0 fully saturated rings. The zero-order valence-electron chi connectivity index (χ0n) is 15.4. The molecule has 1 amide bonds. The highest BCUT2D eigenvalue weighted by atomic mass is 32.1. The van der Waals surface area contributed by atoms with Crippen LogP contribution in [-0.4, -0.2) is 42.4 Å². The van der Waals surface area contributed by atoms with E-state index in [0.29, 0.717) is 29.1 Å². The first kappa shape index (κ1) is 19.7. The van der Waals surface area contributed by atoms with E-state index in [0.717, 1.165) is 17.0 Å². The third-order valence-corrected chi connectivity index (χ3v) is 5.51. The fraction of sp³-hybridized carbons (Fsp3) is 0.263. The van der Waals surface area contributed by atoms with Crippen LogP contribution in [0.3, 0.4) is 0 Å². The number of amides is 1. The molecule has 0 unspecified atom stereocenters. The molecule has 2 heterocycles. The molecule has 0 spiro atoms. The van der Waals surface area contributed by atoms with Gasteiger partial charge in [-0.15, -0.1) is 11.3 Å². The Hall–Kier alpha value is -3.04. The van der Waals surface area contributed by atoms with Crippen LogP contribution in [0.4, 0.5) is 10.7 Å². The third-order valence-electron chi connectivity index (χ3n) is 4.38. The van der Waals surface area contributed by atoms with Crippen LogP contribution in [0.1, 0.15) is 26.4 Å². The maximum Gasteiger partial charge on any atom is 0.341 e. The minimum atomic E-state index is -0.493. The Morgan fingerprint density at radius 3 is 2.89 bits per heavy atom. The summed E-state index contributed by atoms with van der Waals surface area (Å²) in [5, 5.41) is 14.0. The monoisotopic (exact) mass is 401 g/mol. The predicted molar refractivity (Wildman–Crippen MR) is 106 cm³/mol. The number of nitrogens with zero attached hydrogens (tertiary/aromatic N) is 2. The quantitative estimate of drug-likeness (QED) is 0.358. The molecule has 1 aromatic carbocycles. The molecule has 8 nitrogen and oxygen atoms in total. The molecule has 0 aliphatic carbocycles. The lowest BCUT2D eigenvalue weighted by atomic mass is 10.0. The molecule has 1 aromatic heterocycles. The number of anilines is 1. The normalized spacial score (nSPS) is 13.9. The standard InChI is InChI=1S/C19H19N3O5S/c1-21-9-8-14-15(11-21)28-18(17(14)19(24)27-2)20-16(23)7-6-12-4-3-5-13(10-12)22(25)26/h3-7,10H,8-9,11H2,1-2H3,(H,20,23). The molecule has 1 N–H and O–H groups in total. The highest BCUT2D eigenvalue weighted by Gasteiger charge is 2.28. The zero-order valence-corrected chi connectivity index (χ0v) is 16.2. The van der Waals surface area contributed by atoms with E-state index in [1.165, 1.54) is 42.7 Å². The molecule has 3 rings (SSSR count). The van der Waals surface area contributed by atoms with Gasteiger partial charge in [-0.25, -0.2) is 4.79 Å². The van der Waals surface area contributed by atoms with Gasteiger partial charge in [-0.3, -0.25) is 14.9 Å². The van der Waals surface area contributed by atoms with Gasteiger partial charge >= 0.3 is 5.97 Å². The van der Waals surface area contributed by atoms with Gasteiger partial charge in [0, 0.05) is 36.2 Å². The number of likely N-dealkylation sites (N-methyl/N-ethyl adjacent to an activating group) is 1. The largest absolute Gasteiger partial charge is 0.465 e. The number of rotatable bonds is 5. The van der Waals surface area contributed by atoms with Crippen molar-refractivity contribution in [2.45, 2.75) is 13.0 Å². The molecule has 0 saturated heterocycles. The third kappa shape index (κ3) is 4.26. The molecule has 1 aliphatic heterocycles. The van der Waals surface area contributed by atoms with Crippen molar-refractivity contribution < 1.29 is 19.2 Å². The summed E-state index contributed by atoms with van der Waals surface area (Å²) in [6.07, 6.45) is 3.48. The van der Waals surface area contributed by atoms with Crippen molar-refractivity contribution >= 4 is 40.0 Å². The summed E-state index contributed by atoms with van der Waals surface area (Å²) in [5.74, 6) is -0.899. The average molecular weight is 401 g/mol. The molecule has 0 radical (unpaired) electrons. The fourth-order valence-electron chi connectivity index (χ4n) is 3.00. The number of benzene rings is 1. The number of nitro benzene ring substituents is 1. The molecular formula is C19H19N3O5S. The summed E-state index contributed by atoms with van der Waals surface area (Å²) in [6, 6.07) is 5.97. The van der Waals surface area contributed by atoms with E-state index in [2.05, 4.69) is 10.2 Å². The van der Waals surface area contributed by atoms with Crippen molar-refractivity contribution in [2.75, 3.05) is 26.0 Å². The molecule has 2 aromatic rings. The summed E-state index contributed by atoms with van der Waals surface area (Å²) >= 11 is 1.37. The summed E-state index contributed by atoms with van der Waals surface area (Å²) in [5.41, 5.74) is 1.82. The summed E-state index contributed by atoms with van der Waals surface area (Å²) in [7, 11) is 3.32. The lowest BCUT2D eigenvalue weighted by Gasteiger charge is -2.22. The maximum atomic E-state index is 12.4. The Kier molecular flexibility index (Phi) is 5.86. The summed E-state index contributed by atoms with van der Waals surface area (Å²) < 4.78 is 4.90. The van der Waals surface area contributed by atoms with Crippen molar-refractivity contribution in [2.24, 2.45) is 0 Å². The highest BCUT2D eigenvalue weighted by Crippen LogP contribution is 2.37. The number of nitrogens with one attached hydrogen (secondary N) is 1. The topological polar surface area (TPSA) is 102 Å². The number of fused-ring (bicyclic) bond motifs is 1. The first-order valence-corrected chi connectivity index (χ1v) is 9.35. The first-order valence-electron chi connectivity index (χ1n) is 8.54. The molecule has 28 heavy (non-hydrogen) atoms. The lowest BCUT2D eigenvalue weighted by Crippen LogP contribution is -2.26. The Balaban J connectivity index is 1.81. The number of esters is 1. The van der Waals surface area contributed by atoms with Gasteiger partial charge in [0.05, 0.1) is 17.6 Å². The SMILES string of the molecule is COC(=O)c1c(NC(=O)C=Cc2cccc([N+](=O)[O-])c2)sc2c1CCN(C)C2. The van der Waals surface area contributed by atoms with Crippen LogP contribution in [0.25, 0.3) is 6.08 Å². The van der Waals surface area contributed by atoms with E-state index in [-0.39, 0.29) is 5.69 Å². The van der Waals surface area contributed by atoms with Crippen LogP contribution < -0.4 is 5.32 Å². The molecule has 9 heteroatoms. The van der Waals surface area contributed by atoms with Crippen molar-refractivity contribution in [3.05, 3.63) is 62.0 Å². The number of carbonyl (C=O) groups is 2. The van der Waals surface area contributed by atoms with Crippen LogP contribution in [-0.2, 0) is 22.5 Å². The Morgan fingerprint density at radius 2 is 2.18 bits per heavy atom. The summed E-state index contributed by atoms with van der Waals surface area (Å²) in [6.45, 7) is 1.54. The maximum absolute atomic E-state index is 12.4. The molecular weight excluding hydrogens is 382 g/mol. The molecule has 1 aliphatic rings. The first-order chi connectivity index (χ1) is 13.4. The van der Waals surface area contributed by atoms with Gasteiger partial charge in [-0.1, -0.05) is 12.1 Å². The zero-order chi connectivity index (χ0) is 20.3. The van der Waals surface area contributed by atoms with Gasteiger partial charge in [-0.05, 0) is 30.7 Å². The number of carbonyl (C=O) groups excluding carboxylic acids is 2. The van der Waals surface area contributed by atoms with E-state index in [1.54, 1.807) is 12.1 Å². The predicted octanol–water partition coefficient (Wildman–Crippen LogP) is 3.08. The molecule has 0 atom stereocenters. The Morgan fingerprint density at radius 1 is 1.39 bits per heavy atom. The van der Waals surface area contributed by atoms with Crippen molar-refractivity contribution in [1.82, 2.24) is 4.90 Å². The smallest absolute Gasteiger partial charge is 0.341 e. The number of hydrogen-bond donors (Lipinski definition) is 1. The van der Waals surface area contributed by atoms with Crippen molar-refractivity contribution in [3.63, 3.8) is 0 Å². The Labute approximate surface area is 165 Å². The van der Waals surface area contributed by atoms with E-state index in [9.17, 15) is 19.7 Å². The number of nitro groups is 1. The van der Waals surface area contributed by atoms with Crippen molar-refractivity contribution in [1.29, 1.82) is 0 Å². The van der Waals surface area contributed by atoms with Gasteiger partial charge < -0.3 is 15.0 Å². The summed E-state index contributed by atoms with van der Waals surface area (Å²) in [4.78, 5) is 38.1. The van der Waals surface area contributed by atoms with Gasteiger partial charge in [0.2, 0.25) is 5.91 Å². The average Bonchev–Trinajstić information content (AvgIpc) is 3.02. The number of hydrogen-bond acceptors (Lipinski definition) is 7. The second-order valence-electron chi connectivity index (χ2n) is 6.36. The molecule has 0 saturated carbocycles. The van der Waals surface area contributed by atoms with Crippen LogP contribution in [0.15, 0.2) is 30.3 Å². The van der Waals surface area contributed by atoms with E-state index < -0.39 is 16.8 Å². The minimum absolute atomic E-state index is 0.0504. The van der Waals surface area contributed by atoms with Gasteiger partial charge in [0.15, 0.2) is 0 Å². The van der Waals surface area contributed by atoms with E-state index >= 15 is 0 Å². The molecule has 146 valence electrons. The van der Waals surface area contributed by atoms with E-state index in [4.69, 9.17) is 4.74 Å². The molecule has 0 bridgehead atoms. The minimum Gasteiger partial charge on any atom is -0.465 e. The van der Waals surface area contributed by atoms with Crippen molar-refractivity contribution in [3.8, 4) is 0 Å². The van der Waals surface area contributed by atoms with E-state index in [1.807, 2.05) is 7.05 Å². The second-order valence-corrected chi connectivity index (χ2v) is 7.47. The second kappa shape index (κ2) is 8.32. The number of methoxy groups -OCH3 is 1. The highest BCUT2D eigenvalue weighted by molar-refractivity contribution is 7.17. The van der Waals surface area contributed by atoms with Crippen LogP contribution in [0, 0.1) is 10.1 Å². The van der Waals surface area contributed by atoms with Crippen LogP contribution in [0.2, 0.25) is 0 Å². The van der Waals surface area contributed by atoms with Gasteiger partial charge in [0.25, 0.3) is 5.69 Å². The number of ether oxygens (including phenoxy) is 1. The number of thiophene rings is 1. The number of non-ortho nitro benzene ring substituents is 1. The Bertz CT molecular complexity index is 966. The lowest BCUT2D eigenvalue weighted by molar-refractivity contribution is -0.384.